The van der Waals surface area contributed by atoms with Crippen LogP contribution in [0.4, 0.5) is 5.69 Å². The van der Waals surface area contributed by atoms with Gasteiger partial charge in [0, 0.05) is 0 Å². The van der Waals surface area contributed by atoms with Crippen LogP contribution in [0.1, 0.15) is 11.3 Å². The Balaban J connectivity index is 1.79. The number of nitrogens with zero attached hydrogens (tertiary/aromatic N) is 3. The number of hydrazone groups is 1. The average molecular weight is 262 g/mol. The molecule has 0 amide bonds. The molecule has 1 aromatic heterocycles. The summed E-state index contributed by atoms with van der Waals surface area (Å²) in [7, 11) is 0. The Kier molecular flexibility index (Phi) is 3.37. The highest BCUT2D eigenvalue weighted by Crippen LogP contribution is 2.12. The lowest BCUT2D eigenvalue weighted by Gasteiger charge is -2.03. The van der Waals surface area contributed by atoms with Crippen LogP contribution in [0, 0.1) is 6.92 Å². The Labute approximate surface area is 117 Å². The van der Waals surface area contributed by atoms with E-state index in [0.717, 1.165) is 28.0 Å². The van der Waals surface area contributed by atoms with Crippen molar-refractivity contribution >= 4 is 22.9 Å². The third kappa shape index (κ3) is 2.64. The van der Waals surface area contributed by atoms with Crippen molar-refractivity contribution in [2.45, 2.75) is 6.92 Å². The van der Waals surface area contributed by atoms with E-state index in [1.54, 1.807) is 12.4 Å². The van der Waals surface area contributed by atoms with Gasteiger partial charge in [-0.2, -0.15) is 5.10 Å². The Bertz CT molecular complexity index is 765. The Hall–Kier alpha value is -2.75. The number of hydrogen-bond acceptors (Lipinski definition) is 4. The predicted molar refractivity (Wildman–Crippen MR) is 81.9 cm³/mol. The number of aryl methyl sites for hydroxylation is 1. The second-order valence-electron chi connectivity index (χ2n) is 4.47. The molecule has 0 aliphatic carbocycles. The first-order chi connectivity index (χ1) is 9.83. The molecule has 0 fully saturated rings. The lowest BCUT2D eigenvalue weighted by molar-refractivity contribution is 1.25. The van der Waals surface area contributed by atoms with Crippen LogP contribution in [-0.4, -0.2) is 16.2 Å². The number of anilines is 1. The van der Waals surface area contributed by atoms with Gasteiger partial charge < -0.3 is 0 Å². The largest absolute Gasteiger partial charge is 0.278 e. The van der Waals surface area contributed by atoms with Crippen LogP contribution in [0.25, 0.3) is 11.0 Å². The maximum absolute atomic E-state index is 4.48. The molecule has 4 heteroatoms. The van der Waals surface area contributed by atoms with E-state index in [1.165, 1.54) is 0 Å². The molecule has 2 aromatic carbocycles. The smallest absolute Gasteiger partial charge is 0.102 e. The number of rotatable bonds is 3. The predicted octanol–water partition coefficient (Wildman–Crippen LogP) is 3.38. The van der Waals surface area contributed by atoms with E-state index in [-0.39, 0.29) is 0 Å². The summed E-state index contributed by atoms with van der Waals surface area (Å²) in [5.41, 5.74) is 7.62. The summed E-state index contributed by atoms with van der Waals surface area (Å²) < 4.78 is 0. The first kappa shape index (κ1) is 12.3. The van der Waals surface area contributed by atoms with E-state index in [1.807, 2.05) is 55.5 Å². The van der Waals surface area contributed by atoms with Crippen molar-refractivity contribution in [2.24, 2.45) is 5.10 Å². The Morgan fingerprint density at radius 2 is 1.75 bits per heavy atom. The zero-order valence-corrected chi connectivity index (χ0v) is 11.1. The maximum atomic E-state index is 4.48. The highest BCUT2D eigenvalue weighted by Gasteiger charge is 1.97. The molecule has 3 rings (SSSR count). The third-order valence-corrected chi connectivity index (χ3v) is 2.99. The molecule has 0 aliphatic heterocycles. The topological polar surface area (TPSA) is 50.2 Å². The number of fused-ring (bicyclic) bond motifs is 1. The average Bonchev–Trinajstić information content (AvgIpc) is 2.49. The number of nitrogens with one attached hydrogen (secondary N) is 1. The Morgan fingerprint density at radius 1 is 1.00 bits per heavy atom. The highest BCUT2D eigenvalue weighted by molar-refractivity contribution is 5.82. The van der Waals surface area contributed by atoms with Crippen LogP contribution in [0.3, 0.4) is 0 Å². The second kappa shape index (κ2) is 5.48. The van der Waals surface area contributed by atoms with Crippen molar-refractivity contribution in [1.29, 1.82) is 0 Å². The zero-order valence-electron chi connectivity index (χ0n) is 11.1. The van der Waals surface area contributed by atoms with Crippen molar-refractivity contribution < 1.29 is 0 Å². The molecule has 1 N–H and O–H groups in total. The van der Waals surface area contributed by atoms with Crippen LogP contribution in [0.15, 0.2) is 59.8 Å². The van der Waals surface area contributed by atoms with E-state index in [4.69, 9.17) is 0 Å². The lowest BCUT2D eigenvalue weighted by Crippen LogP contribution is -1.95. The van der Waals surface area contributed by atoms with E-state index >= 15 is 0 Å². The van der Waals surface area contributed by atoms with Crippen LogP contribution in [0.2, 0.25) is 0 Å². The quantitative estimate of drug-likeness (QED) is 0.581. The minimum atomic E-state index is 0.727. The van der Waals surface area contributed by atoms with Gasteiger partial charge in [0.15, 0.2) is 0 Å². The third-order valence-electron chi connectivity index (χ3n) is 2.99. The SMILES string of the molecule is Cc1ccccc1N/N=C\c1cnc2ccccc2n1. The van der Waals surface area contributed by atoms with Crippen LogP contribution in [0.5, 0.6) is 0 Å². The minimum Gasteiger partial charge on any atom is -0.278 e. The monoisotopic (exact) mass is 262 g/mol. The molecule has 0 radical (unpaired) electrons. The van der Waals surface area contributed by atoms with Crippen LogP contribution < -0.4 is 5.43 Å². The minimum absolute atomic E-state index is 0.727. The van der Waals surface area contributed by atoms with Gasteiger partial charge in [0.05, 0.1) is 29.1 Å². The number of benzene rings is 2. The van der Waals surface area contributed by atoms with E-state index in [9.17, 15) is 0 Å². The highest BCUT2D eigenvalue weighted by atomic mass is 15.3. The van der Waals surface area contributed by atoms with Gasteiger partial charge in [0.25, 0.3) is 0 Å². The van der Waals surface area contributed by atoms with E-state index in [0.29, 0.717) is 0 Å². The fraction of sp³-hybridized carbons (Fsp3) is 0.0625. The molecular weight excluding hydrogens is 248 g/mol. The van der Waals surface area contributed by atoms with Crippen molar-refractivity contribution in [3.05, 3.63) is 66.0 Å². The van der Waals surface area contributed by atoms with Crippen molar-refractivity contribution in [2.75, 3.05) is 5.43 Å². The molecule has 3 aromatic rings. The molecular formula is C16H14N4. The van der Waals surface area contributed by atoms with Crippen molar-refractivity contribution in [1.82, 2.24) is 9.97 Å². The molecule has 0 saturated carbocycles. The molecule has 0 unspecified atom stereocenters. The van der Waals surface area contributed by atoms with Gasteiger partial charge >= 0.3 is 0 Å². The molecule has 0 bridgehead atoms. The molecule has 0 spiro atoms. The molecule has 4 nitrogen and oxygen atoms in total. The van der Waals surface area contributed by atoms with Crippen molar-refractivity contribution in [3.8, 4) is 0 Å². The lowest BCUT2D eigenvalue weighted by atomic mass is 10.2. The van der Waals surface area contributed by atoms with Crippen LogP contribution in [-0.2, 0) is 0 Å². The molecule has 1 heterocycles. The van der Waals surface area contributed by atoms with Gasteiger partial charge in [-0.1, -0.05) is 30.3 Å². The Morgan fingerprint density at radius 3 is 2.60 bits per heavy atom. The van der Waals surface area contributed by atoms with Crippen LogP contribution >= 0.6 is 0 Å². The number of aromatic nitrogens is 2. The fourth-order valence-electron chi connectivity index (χ4n) is 1.90. The summed E-state index contributed by atoms with van der Waals surface area (Å²) >= 11 is 0. The van der Waals surface area contributed by atoms with Gasteiger partial charge in [-0.3, -0.25) is 10.4 Å². The summed E-state index contributed by atoms with van der Waals surface area (Å²) in [6.45, 7) is 2.04. The molecule has 0 saturated heterocycles. The first-order valence-corrected chi connectivity index (χ1v) is 6.39. The molecule has 98 valence electrons. The second-order valence-corrected chi connectivity index (χ2v) is 4.47. The van der Waals surface area contributed by atoms with Gasteiger partial charge in [-0.05, 0) is 30.7 Å². The summed E-state index contributed by atoms with van der Waals surface area (Å²) in [6, 6.07) is 15.8. The van der Waals surface area contributed by atoms with Gasteiger partial charge in [-0.25, -0.2) is 4.98 Å². The standard InChI is InChI=1S/C16H14N4/c1-12-6-2-3-7-14(12)20-18-11-13-10-17-15-8-4-5-9-16(15)19-13/h2-11,20H,1H3/b18-11-. The van der Waals surface area contributed by atoms with Gasteiger partial charge in [-0.15, -0.1) is 0 Å². The zero-order chi connectivity index (χ0) is 13.8. The number of hydrogen-bond donors (Lipinski definition) is 1. The summed E-state index contributed by atoms with van der Waals surface area (Å²) in [5.74, 6) is 0. The molecule has 0 atom stereocenters. The van der Waals surface area contributed by atoms with Gasteiger partial charge in [0.2, 0.25) is 0 Å². The first-order valence-electron chi connectivity index (χ1n) is 6.39. The summed E-state index contributed by atoms with van der Waals surface area (Å²) in [5, 5.41) is 4.20. The van der Waals surface area contributed by atoms with E-state index in [2.05, 4.69) is 20.5 Å². The van der Waals surface area contributed by atoms with Gasteiger partial charge in [0.1, 0.15) is 5.69 Å². The van der Waals surface area contributed by atoms with E-state index < -0.39 is 0 Å². The fourth-order valence-corrected chi connectivity index (χ4v) is 1.90. The normalized spacial score (nSPS) is 11.1. The molecule has 0 aliphatic rings. The van der Waals surface area contributed by atoms with Crippen molar-refractivity contribution in [3.63, 3.8) is 0 Å². The summed E-state index contributed by atoms with van der Waals surface area (Å²) in [4.78, 5) is 8.82. The maximum Gasteiger partial charge on any atom is 0.102 e. The number of para-hydroxylation sites is 3. The molecule has 20 heavy (non-hydrogen) atoms. The summed E-state index contributed by atoms with van der Waals surface area (Å²) in [6.07, 6.45) is 3.39.